The van der Waals surface area contributed by atoms with E-state index in [0.717, 1.165) is 56.5 Å². The highest BCUT2D eigenvalue weighted by molar-refractivity contribution is 7.99. The number of anilines is 3. The van der Waals surface area contributed by atoms with Crippen molar-refractivity contribution in [3.8, 4) is 50.6 Å². The molecule has 0 bridgehead atoms. The van der Waals surface area contributed by atoms with Gasteiger partial charge in [0.05, 0.1) is 27.6 Å². The number of benzene rings is 12. The van der Waals surface area contributed by atoms with Crippen LogP contribution in [0.2, 0.25) is 0 Å². The molecule has 3 heterocycles. The van der Waals surface area contributed by atoms with Crippen molar-refractivity contribution < 1.29 is 4.74 Å². The van der Waals surface area contributed by atoms with E-state index in [2.05, 4.69) is 289 Å². The van der Waals surface area contributed by atoms with Crippen LogP contribution in [0.15, 0.2) is 289 Å². The van der Waals surface area contributed by atoms with Crippen molar-refractivity contribution >= 4 is 50.6 Å². The third-order valence-corrected chi connectivity index (χ3v) is 18.5. The lowest BCUT2D eigenvalue weighted by Crippen LogP contribution is -2.32. The summed E-state index contributed by atoms with van der Waals surface area (Å²) in [5, 5.41) is 2.48. The maximum atomic E-state index is 6.79. The Labute approximate surface area is 456 Å². The summed E-state index contributed by atoms with van der Waals surface area (Å²) >= 11 is 1.88. The van der Waals surface area contributed by atoms with Gasteiger partial charge in [0.15, 0.2) is 0 Å². The van der Waals surface area contributed by atoms with Crippen LogP contribution in [-0.4, -0.2) is 4.57 Å². The average molecular weight is 1010 g/mol. The van der Waals surface area contributed by atoms with E-state index < -0.39 is 10.8 Å². The number of ether oxygens (including phenoxy) is 1. The van der Waals surface area contributed by atoms with Crippen molar-refractivity contribution in [2.75, 3.05) is 4.90 Å². The van der Waals surface area contributed by atoms with Gasteiger partial charge in [0, 0.05) is 54.3 Å². The Morgan fingerprint density at radius 3 is 1.63 bits per heavy atom. The molecule has 0 radical (unpaired) electrons. The first kappa shape index (κ1) is 43.6. The zero-order chi connectivity index (χ0) is 51.1. The first-order chi connectivity index (χ1) is 38.7. The van der Waals surface area contributed by atoms with Crippen molar-refractivity contribution in [3.63, 3.8) is 0 Å². The van der Waals surface area contributed by atoms with E-state index in [1.165, 1.54) is 87.2 Å². The van der Waals surface area contributed by atoms with Gasteiger partial charge in [0.2, 0.25) is 0 Å². The number of rotatable bonds is 5. The molecule has 2 aliphatic heterocycles. The number of hydrogen-bond donors (Lipinski definition) is 0. The van der Waals surface area contributed by atoms with E-state index in [9.17, 15) is 0 Å². The van der Waals surface area contributed by atoms with Crippen LogP contribution in [0.3, 0.4) is 0 Å². The second kappa shape index (κ2) is 16.4. The van der Waals surface area contributed by atoms with Gasteiger partial charge in [-0.25, -0.2) is 0 Å². The third kappa shape index (κ3) is 5.79. The van der Waals surface area contributed by atoms with Crippen LogP contribution in [0.1, 0.15) is 44.5 Å². The maximum Gasteiger partial charge on any atom is 0.132 e. The summed E-state index contributed by atoms with van der Waals surface area (Å²) in [6.07, 6.45) is 0. The molecule has 17 rings (SSSR count). The third-order valence-electron chi connectivity index (χ3n) is 17.3. The molecule has 78 heavy (non-hydrogen) atoms. The summed E-state index contributed by atoms with van der Waals surface area (Å²) in [6.45, 7) is 0. The molecule has 0 saturated carbocycles. The molecule has 0 amide bonds. The summed E-state index contributed by atoms with van der Waals surface area (Å²) in [5.74, 6) is 1.76. The number of para-hydroxylation sites is 4. The van der Waals surface area contributed by atoms with E-state index in [1.54, 1.807) is 0 Å². The van der Waals surface area contributed by atoms with Gasteiger partial charge in [0.1, 0.15) is 11.5 Å². The summed E-state index contributed by atoms with van der Waals surface area (Å²) in [5.41, 5.74) is 23.0. The molecule has 364 valence electrons. The molecule has 0 atom stereocenters. The molecule has 2 spiro atoms. The highest BCUT2D eigenvalue weighted by Gasteiger charge is 2.53. The molecule has 1 aromatic heterocycles. The van der Waals surface area contributed by atoms with E-state index in [-0.39, 0.29) is 0 Å². The topological polar surface area (TPSA) is 17.4 Å². The summed E-state index contributed by atoms with van der Waals surface area (Å²) in [7, 11) is 0. The second-order valence-corrected chi connectivity index (χ2v) is 22.1. The zero-order valence-corrected chi connectivity index (χ0v) is 43.1. The Kier molecular flexibility index (Phi) is 9.20. The monoisotopic (exact) mass is 1010 g/mol. The van der Waals surface area contributed by atoms with Gasteiger partial charge < -0.3 is 14.2 Å². The lowest BCUT2D eigenvalue weighted by atomic mass is 9.66. The first-order valence-corrected chi connectivity index (χ1v) is 27.7. The summed E-state index contributed by atoms with van der Waals surface area (Å²) in [4.78, 5) is 5.14. The summed E-state index contributed by atoms with van der Waals surface area (Å²) in [6, 6.07) is 104. The van der Waals surface area contributed by atoms with Gasteiger partial charge in [-0.3, -0.25) is 0 Å². The fourth-order valence-electron chi connectivity index (χ4n) is 14.3. The lowest BCUT2D eigenvalue weighted by molar-refractivity contribution is 0.436. The predicted molar refractivity (Wildman–Crippen MR) is 320 cm³/mol. The second-order valence-electron chi connectivity index (χ2n) is 21.0. The van der Waals surface area contributed by atoms with E-state index in [4.69, 9.17) is 4.74 Å². The molecule has 0 unspecified atom stereocenters. The fourth-order valence-corrected chi connectivity index (χ4v) is 15.5. The van der Waals surface area contributed by atoms with Crippen molar-refractivity contribution in [1.82, 2.24) is 4.57 Å². The number of aromatic nitrogens is 1. The normalized spacial score (nSPS) is 14.2. The molecule has 2 aliphatic carbocycles. The Balaban J connectivity index is 0.931. The van der Waals surface area contributed by atoms with Crippen molar-refractivity contribution in [2.45, 2.75) is 20.6 Å². The average Bonchev–Trinajstić information content (AvgIpc) is 3.54. The minimum atomic E-state index is -0.628. The molecule has 0 saturated heterocycles. The van der Waals surface area contributed by atoms with Crippen molar-refractivity contribution in [3.05, 3.63) is 324 Å². The van der Waals surface area contributed by atoms with E-state index in [0.29, 0.717) is 0 Å². The Morgan fingerprint density at radius 2 is 0.872 bits per heavy atom. The van der Waals surface area contributed by atoms with Crippen LogP contribution >= 0.6 is 11.8 Å². The number of fused-ring (bicyclic) bond motifs is 21. The number of nitrogens with zero attached hydrogens (tertiary/aromatic N) is 2. The fraction of sp³-hybridized carbons (Fsp3) is 0.0270. The molecule has 12 aromatic carbocycles. The highest BCUT2D eigenvalue weighted by Crippen LogP contribution is 2.66. The van der Waals surface area contributed by atoms with Crippen LogP contribution < -0.4 is 9.64 Å². The van der Waals surface area contributed by atoms with Crippen molar-refractivity contribution in [2.24, 2.45) is 0 Å². The molecule has 4 heteroatoms. The van der Waals surface area contributed by atoms with Crippen LogP contribution in [-0.2, 0) is 10.8 Å². The van der Waals surface area contributed by atoms with Gasteiger partial charge in [-0.2, -0.15) is 0 Å². The smallest absolute Gasteiger partial charge is 0.132 e. The number of hydrogen-bond acceptors (Lipinski definition) is 3. The Morgan fingerprint density at radius 1 is 0.333 bits per heavy atom. The molecule has 3 nitrogen and oxygen atoms in total. The highest BCUT2D eigenvalue weighted by atomic mass is 32.2. The Hall–Kier alpha value is -9.61. The van der Waals surface area contributed by atoms with Crippen LogP contribution in [0.4, 0.5) is 17.1 Å². The van der Waals surface area contributed by atoms with Gasteiger partial charge in [0.25, 0.3) is 0 Å². The van der Waals surface area contributed by atoms with Gasteiger partial charge >= 0.3 is 0 Å². The summed E-state index contributed by atoms with van der Waals surface area (Å²) < 4.78 is 9.20. The molecular weight excluding hydrogens is 965 g/mol. The minimum absolute atomic E-state index is 0.488. The quantitative estimate of drug-likeness (QED) is 0.171. The predicted octanol–water partition coefficient (Wildman–Crippen LogP) is 19.2. The molecular formula is C74H46N2OS. The maximum absolute atomic E-state index is 6.79. The molecule has 0 fully saturated rings. The SMILES string of the molecule is c1ccc(-n2c3ccccc3c3ccc(-c4cccc(N(c5ccc6c(c5)-c5ccccc5C65c6ccccc6Sc6ccccc65)c5cccc6c5-c5ccccc5C65c6ccccc6Oc6ccccc65)c4)cc32)cc1. The lowest BCUT2D eigenvalue weighted by Gasteiger charge is -2.40. The Bertz CT molecular complexity index is 4570. The van der Waals surface area contributed by atoms with Crippen molar-refractivity contribution in [1.29, 1.82) is 0 Å². The van der Waals surface area contributed by atoms with Gasteiger partial charge in [-0.1, -0.05) is 212 Å². The first-order valence-electron chi connectivity index (χ1n) is 26.9. The van der Waals surface area contributed by atoms with Gasteiger partial charge in [-0.05, 0) is 140 Å². The zero-order valence-electron chi connectivity index (χ0n) is 42.3. The van der Waals surface area contributed by atoms with E-state index in [1.807, 2.05) is 11.8 Å². The molecule has 13 aromatic rings. The molecule has 0 N–H and O–H groups in total. The van der Waals surface area contributed by atoms with Crippen LogP contribution in [0.25, 0.3) is 60.9 Å². The van der Waals surface area contributed by atoms with Crippen LogP contribution in [0.5, 0.6) is 11.5 Å². The van der Waals surface area contributed by atoms with Gasteiger partial charge in [-0.15, -0.1) is 0 Å². The standard InChI is InChI=1S/C74H46N2OS/c1-2-21-49(22-3-1)76-65-34-13-6-25-53(65)54-42-40-48(45-67(54)76)47-20-18-23-50(44-47)75(51-41-43-59-56(46-51)52-24-4-7-27-57(52)73(59)62-31-11-16-38-70(62)78-71-39-17-12-32-63(71)73)66-35-19-33-64-72(66)55-26-5-8-28-58(55)74(64)60-29-9-14-36-68(60)77-69-37-15-10-30-61(69)74/h1-46H. The minimum Gasteiger partial charge on any atom is -0.457 e. The largest absolute Gasteiger partial charge is 0.457 e. The van der Waals surface area contributed by atoms with E-state index >= 15 is 0 Å². The molecule has 4 aliphatic rings. The van der Waals surface area contributed by atoms with Crippen LogP contribution in [0, 0.1) is 0 Å².